The zero-order chi connectivity index (χ0) is 9.12. The highest BCUT2D eigenvalue weighted by Gasteiger charge is 2.09. The molecule has 0 bridgehead atoms. The maximum absolute atomic E-state index is 5.24. The maximum atomic E-state index is 5.24. The average molecular weight is 154 g/mol. The first-order valence-electron chi connectivity index (χ1n) is 3.91. The van der Waals surface area contributed by atoms with E-state index in [0.29, 0.717) is 0 Å². The van der Waals surface area contributed by atoms with Crippen molar-refractivity contribution in [2.45, 2.75) is 47.1 Å². The summed E-state index contributed by atoms with van der Waals surface area (Å²) in [5.74, 6) is 3.01. The van der Waals surface area contributed by atoms with Crippen molar-refractivity contribution in [3.05, 3.63) is 0 Å². The van der Waals surface area contributed by atoms with Crippen LogP contribution in [0, 0.1) is 17.4 Å². The summed E-state index contributed by atoms with van der Waals surface area (Å²) in [4.78, 5) is 0. The fraction of sp³-hybridized carbons (Fsp3) is 0.800. The molecule has 0 aliphatic heterocycles. The second kappa shape index (κ2) is 3.17. The molecule has 0 radical (unpaired) electrons. The lowest BCUT2D eigenvalue weighted by molar-refractivity contribution is 0.0956. The summed E-state index contributed by atoms with van der Waals surface area (Å²) in [6.45, 7) is 12.2. The van der Waals surface area contributed by atoms with Crippen LogP contribution in [0.5, 0.6) is 0 Å². The van der Waals surface area contributed by atoms with Crippen LogP contribution in [0.2, 0.25) is 0 Å². The van der Waals surface area contributed by atoms with Gasteiger partial charge in [0.1, 0.15) is 11.7 Å². The van der Waals surface area contributed by atoms with Gasteiger partial charge < -0.3 is 4.74 Å². The molecule has 0 saturated heterocycles. The van der Waals surface area contributed by atoms with Crippen molar-refractivity contribution >= 4 is 0 Å². The molecular weight excluding hydrogens is 136 g/mol. The van der Waals surface area contributed by atoms with E-state index >= 15 is 0 Å². The van der Waals surface area contributed by atoms with Gasteiger partial charge in [-0.1, -0.05) is 5.92 Å². The molecule has 0 spiro atoms. The Kier molecular flexibility index (Phi) is 2.99. The predicted molar refractivity (Wildman–Crippen MR) is 48.1 cm³/mol. The average Bonchev–Trinajstić information content (AvgIpc) is 1.55. The van der Waals surface area contributed by atoms with Gasteiger partial charge in [0.05, 0.1) is 0 Å². The van der Waals surface area contributed by atoms with E-state index in [0.717, 1.165) is 0 Å². The van der Waals surface area contributed by atoms with Gasteiger partial charge in [-0.2, -0.15) is 0 Å². The van der Waals surface area contributed by atoms with E-state index in [2.05, 4.69) is 32.8 Å². The van der Waals surface area contributed by atoms with E-state index in [1.54, 1.807) is 0 Å². The molecule has 0 aliphatic rings. The van der Waals surface area contributed by atoms with E-state index in [-0.39, 0.29) is 11.0 Å². The molecule has 0 aromatic carbocycles. The third-order valence-electron chi connectivity index (χ3n) is 0.783. The molecule has 0 saturated carbocycles. The minimum Gasteiger partial charge on any atom is -0.441 e. The van der Waals surface area contributed by atoms with E-state index in [4.69, 9.17) is 4.74 Å². The van der Waals surface area contributed by atoms with E-state index in [1.807, 2.05) is 20.8 Å². The lowest BCUT2D eigenvalue weighted by atomic mass is 9.99. The van der Waals surface area contributed by atoms with E-state index < -0.39 is 0 Å². The summed E-state index contributed by atoms with van der Waals surface area (Å²) in [7, 11) is 0. The van der Waals surface area contributed by atoms with Crippen molar-refractivity contribution in [3.8, 4) is 12.0 Å². The summed E-state index contributed by atoms with van der Waals surface area (Å²) < 4.78 is 5.24. The highest BCUT2D eigenvalue weighted by molar-refractivity contribution is 5.02. The van der Waals surface area contributed by atoms with Gasteiger partial charge >= 0.3 is 0 Å². The van der Waals surface area contributed by atoms with Crippen LogP contribution in [0.1, 0.15) is 41.5 Å². The molecule has 1 nitrogen and oxygen atoms in total. The SMILES string of the molecule is CC(C)(C)C#COC(C)(C)C. The minimum atomic E-state index is -0.155. The molecule has 0 atom stereocenters. The molecule has 0 rings (SSSR count). The second-order valence-corrected chi connectivity index (χ2v) is 4.69. The van der Waals surface area contributed by atoms with Crippen molar-refractivity contribution in [1.82, 2.24) is 0 Å². The molecule has 0 aromatic rings. The number of hydrogen-bond donors (Lipinski definition) is 0. The number of rotatable bonds is 0. The molecule has 0 fully saturated rings. The van der Waals surface area contributed by atoms with Crippen molar-refractivity contribution in [2.75, 3.05) is 0 Å². The van der Waals surface area contributed by atoms with Crippen LogP contribution < -0.4 is 0 Å². The first-order valence-corrected chi connectivity index (χ1v) is 3.91. The van der Waals surface area contributed by atoms with Crippen LogP contribution in [0.3, 0.4) is 0 Å². The monoisotopic (exact) mass is 154 g/mol. The van der Waals surface area contributed by atoms with Crippen molar-refractivity contribution < 1.29 is 4.74 Å². The van der Waals surface area contributed by atoms with Crippen molar-refractivity contribution in [2.24, 2.45) is 5.41 Å². The molecule has 1 heteroatoms. The van der Waals surface area contributed by atoms with Gasteiger partial charge in [0.25, 0.3) is 0 Å². The second-order valence-electron chi connectivity index (χ2n) is 4.69. The molecule has 0 amide bonds. The third kappa shape index (κ3) is 9.36. The van der Waals surface area contributed by atoms with Gasteiger partial charge in [0.15, 0.2) is 0 Å². The Balaban J connectivity index is 3.94. The molecule has 0 unspecified atom stereocenters. The Morgan fingerprint density at radius 1 is 0.909 bits per heavy atom. The van der Waals surface area contributed by atoms with Gasteiger partial charge in [-0.25, -0.2) is 0 Å². The van der Waals surface area contributed by atoms with Gasteiger partial charge in [-0.15, -0.1) is 0 Å². The Hall–Kier alpha value is -0.640. The zero-order valence-corrected chi connectivity index (χ0v) is 8.41. The normalized spacial score (nSPS) is 11.8. The van der Waals surface area contributed by atoms with Gasteiger partial charge in [0, 0.05) is 5.41 Å². The summed E-state index contributed by atoms with van der Waals surface area (Å²) in [5.41, 5.74) is -0.122. The molecular formula is C10H18O. The maximum Gasteiger partial charge on any atom is 0.112 e. The van der Waals surface area contributed by atoms with Gasteiger partial charge in [-0.3, -0.25) is 0 Å². The standard InChI is InChI=1S/C10H18O/c1-9(2,3)7-8-11-10(4,5)6/h1-6H3. The van der Waals surface area contributed by atoms with Crippen LogP contribution in [0.15, 0.2) is 0 Å². The summed E-state index contributed by atoms with van der Waals surface area (Å²) in [6, 6.07) is 0. The topological polar surface area (TPSA) is 9.23 Å². The van der Waals surface area contributed by atoms with Crippen molar-refractivity contribution in [1.29, 1.82) is 0 Å². The van der Waals surface area contributed by atoms with Crippen LogP contribution in [-0.4, -0.2) is 5.60 Å². The molecule has 0 N–H and O–H groups in total. The zero-order valence-electron chi connectivity index (χ0n) is 8.41. The Labute approximate surface area is 70.1 Å². The Morgan fingerprint density at radius 2 is 1.36 bits per heavy atom. The highest BCUT2D eigenvalue weighted by atomic mass is 16.5. The van der Waals surface area contributed by atoms with Crippen LogP contribution in [0.4, 0.5) is 0 Å². The minimum absolute atomic E-state index is 0.0330. The van der Waals surface area contributed by atoms with Gasteiger partial charge in [0.2, 0.25) is 0 Å². The summed E-state index contributed by atoms with van der Waals surface area (Å²) in [5, 5.41) is 0. The Bertz CT molecular complexity index is 168. The predicted octanol–water partition coefficient (Wildman–Crippen LogP) is 2.81. The quantitative estimate of drug-likeness (QED) is 0.487. The molecule has 64 valence electrons. The van der Waals surface area contributed by atoms with E-state index in [9.17, 15) is 0 Å². The van der Waals surface area contributed by atoms with Crippen LogP contribution in [-0.2, 0) is 4.74 Å². The number of hydrogen-bond acceptors (Lipinski definition) is 1. The summed E-state index contributed by atoms with van der Waals surface area (Å²) in [6.07, 6.45) is 2.72. The van der Waals surface area contributed by atoms with Crippen molar-refractivity contribution in [3.63, 3.8) is 0 Å². The van der Waals surface area contributed by atoms with E-state index in [1.165, 1.54) is 0 Å². The fourth-order valence-corrected chi connectivity index (χ4v) is 0.332. The summed E-state index contributed by atoms with van der Waals surface area (Å²) >= 11 is 0. The lowest BCUT2D eigenvalue weighted by Gasteiger charge is -2.15. The fourth-order valence-electron chi connectivity index (χ4n) is 0.332. The third-order valence-corrected chi connectivity index (χ3v) is 0.783. The molecule has 0 aliphatic carbocycles. The lowest BCUT2D eigenvalue weighted by Crippen LogP contribution is -2.16. The first-order chi connectivity index (χ1) is 4.71. The molecule has 11 heavy (non-hydrogen) atoms. The highest BCUT2D eigenvalue weighted by Crippen LogP contribution is 2.11. The first kappa shape index (κ1) is 10.4. The van der Waals surface area contributed by atoms with Gasteiger partial charge in [-0.05, 0) is 41.5 Å². The smallest absolute Gasteiger partial charge is 0.112 e. The molecule has 0 aromatic heterocycles. The Morgan fingerprint density at radius 3 is 1.64 bits per heavy atom. The molecule has 0 heterocycles. The van der Waals surface area contributed by atoms with Crippen LogP contribution >= 0.6 is 0 Å². The number of ether oxygens (including phenoxy) is 1. The van der Waals surface area contributed by atoms with Crippen LogP contribution in [0.25, 0.3) is 0 Å². The largest absolute Gasteiger partial charge is 0.441 e.